The minimum absolute atomic E-state index is 0.0516. The van der Waals surface area contributed by atoms with Crippen molar-refractivity contribution in [2.24, 2.45) is 5.73 Å². The highest BCUT2D eigenvalue weighted by Crippen LogP contribution is 2.11. The molecule has 9 heteroatoms. The number of nitrogens with zero attached hydrogens (tertiary/aromatic N) is 2. The number of halogens is 1. The first kappa shape index (κ1) is 17.3. The number of carbonyl (C=O) groups excluding carboxylic acids is 2. The summed E-state index contributed by atoms with van der Waals surface area (Å²) in [5, 5.41) is 9.13. The SMILES string of the molecule is NC(=O)Cn1cc(NC(=O)NCCCOc2ccc(F)cc2)cn1. The number of rotatable bonds is 8. The number of amides is 3. The number of benzene rings is 1. The molecular weight excluding hydrogens is 317 g/mol. The summed E-state index contributed by atoms with van der Waals surface area (Å²) >= 11 is 0. The topological polar surface area (TPSA) is 111 Å². The molecule has 0 fully saturated rings. The lowest BCUT2D eigenvalue weighted by Gasteiger charge is -2.07. The summed E-state index contributed by atoms with van der Waals surface area (Å²) < 4.78 is 19.5. The van der Waals surface area contributed by atoms with Crippen LogP contribution in [0.2, 0.25) is 0 Å². The molecule has 2 aromatic rings. The van der Waals surface area contributed by atoms with Gasteiger partial charge in [0, 0.05) is 12.7 Å². The molecule has 3 amide bonds. The number of hydrogen-bond acceptors (Lipinski definition) is 4. The number of anilines is 1. The van der Waals surface area contributed by atoms with Crippen molar-refractivity contribution >= 4 is 17.6 Å². The van der Waals surface area contributed by atoms with Crippen molar-refractivity contribution in [2.45, 2.75) is 13.0 Å². The molecule has 24 heavy (non-hydrogen) atoms. The van der Waals surface area contributed by atoms with E-state index >= 15 is 0 Å². The minimum Gasteiger partial charge on any atom is -0.494 e. The van der Waals surface area contributed by atoms with E-state index in [2.05, 4.69) is 15.7 Å². The van der Waals surface area contributed by atoms with E-state index in [4.69, 9.17) is 10.5 Å². The predicted molar refractivity (Wildman–Crippen MR) is 85.0 cm³/mol. The summed E-state index contributed by atoms with van der Waals surface area (Å²) in [5.41, 5.74) is 5.50. The summed E-state index contributed by atoms with van der Waals surface area (Å²) in [6, 6.07) is 5.33. The first-order chi connectivity index (χ1) is 11.5. The maximum absolute atomic E-state index is 12.7. The molecule has 0 aliphatic heterocycles. The molecule has 1 heterocycles. The van der Waals surface area contributed by atoms with Crippen LogP contribution in [0.15, 0.2) is 36.7 Å². The van der Waals surface area contributed by atoms with Gasteiger partial charge in [0.05, 0.1) is 18.5 Å². The van der Waals surface area contributed by atoms with E-state index in [1.165, 1.54) is 29.2 Å². The molecule has 0 saturated heterocycles. The van der Waals surface area contributed by atoms with E-state index in [1.54, 1.807) is 12.1 Å². The normalized spacial score (nSPS) is 10.2. The zero-order valence-corrected chi connectivity index (χ0v) is 12.9. The maximum Gasteiger partial charge on any atom is 0.319 e. The van der Waals surface area contributed by atoms with Crippen LogP contribution in [-0.4, -0.2) is 34.9 Å². The van der Waals surface area contributed by atoms with Crippen molar-refractivity contribution in [1.82, 2.24) is 15.1 Å². The Kier molecular flexibility index (Phi) is 6.12. The van der Waals surface area contributed by atoms with Crippen molar-refractivity contribution in [3.05, 3.63) is 42.5 Å². The molecule has 1 aromatic carbocycles. The van der Waals surface area contributed by atoms with Crippen molar-refractivity contribution in [2.75, 3.05) is 18.5 Å². The zero-order valence-electron chi connectivity index (χ0n) is 12.9. The smallest absolute Gasteiger partial charge is 0.319 e. The van der Waals surface area contributed by atoms with Gasteiger partial charge in [-0.15, -0.1) is 0 Å². The third kappa shape index (κ3) is 5.95. The van der Waals surface area contributed by atoms with Crippen LogP contribution in [0.3, 0.4) is 0 Å². The zero-order chi connectivity index (χ0) is 17.4. The fourth-order valence-corrected chi connectivity index (χ4v) is 1.84. The third-order valence-electron chi connectivity index (χ3n) is 2.90. The van der Waals surface area contributed by atoms with Gasteiger partial charge in [0.25, 0.3) is 0 Å². The Morgan fingerprint density at radius 1 is 1.29 bits per heavy atom. The average Bonchev–Trinajstić information content (AvgIpc) is 2.95. The fourth-order valence-electron chi connectivity index (χ4n) is 1.84. The molecule has 8 nitrogen and oxygen atoms in total. The Balaban J connectivity index is 1.61. The van der Waals surface area contributed by atoms with E-state index in [1.807, 2.05) is 0 Å². The predicted octanol–water partition coefficient (Wildman–Crippen LogP) is 1.10. The summed E-state index contributed by atoms with van der Waals surface area (Å²) in [6.45, 7) is 0.745. The molecule has 1 aromatic heterocycles. The Morgan fingerprint density at radius 3 is 2.75 bits per heavy atom. The van der Waals surface area contributed by atoms with Crippen LogP contribution >= 0.6 is 0 Å². The third-order valence-corrected chi connectivity index (χ3v) is 2.90. The van der Waals surface area contributed by atoms with Gasteiger partial charge in [0.2, 0.25) is 5.91 Å². The highest BCUT2D eigenvalue weighted by atomic mass is 19.1. The van der Waals surface area contributed by atoms with Crippen LogP contribution in [0.25, 0.3) is 0 Å². The molecule has 0 spiro atoms. The first-order valence-electron chi connectivity index (χ1n) is 7.27. The summed E-state index contributed by atoms with van der Waals surface area (Å²) in [5.74, 6) is -0.266. The Bertz CT molecular complexity index is 687. The van der Waals surface area contributed by atoms with E-state index in [9.17, 15) is 14.0 Å². The highest BCUT2D eigenvalue weighted by molar-refractivity contribution is 5.88. The van der Waals surface area contributed by atoms with Crippen LogP contribution in [0.1, 0.15) is 6.42 Å². The van der Waals surface area contributed by atoms with Gasteiger partial charge >= 0.3 is 6.03 Å². The number of urea groups is 1. The molecule has 0 unspecified atom stereocenters. The molecular formula is C15H18FN5O3. The fraction of sp³-hybridized carbons (Fsp3) is 0.267. The number of nitrogens with two attached hydrogens (primary N) is 1. The van der Waals surface area contributed by atoms with Gasteiger partial charge in [-0.2, -0.15) is 5.10 Å². The second-order valence-electron chi connectivity index (χ2n) is 4.93. The van der Waals surface area contributed by atoms with Gasteiger partial charge in [-0.3, -0.25) is 9.48 Å². The Labute approximate surface area is 137 Å². The van der Waals surface area contributed by atoms with Crippen LogP contribution in [0, 0.1) is 5.82 Å². The van der Waals surface area contributed by atoms with Crippen LogP contribution in [0.4, 0.5) is 14.9 Å². The molecule has 0 bridgehead atoms. The van der Waals surface area contributed by atoms with E-state index in [0.29, 0.717) is 31.0 Å². The van der Waals surface area contributed by atoms with Crippen molar-refractivity contribution in [3.63, 3.8) is 0 Å². The van der Waals surface area contributed by atoms with Gasteiger partial charge in [0.15, 0.2) is 0 Å². The first-order valence-corrected chi connectivity index (χ1v) is 7.27. The molecule has 0 aliphatic rings. The number of hydrogen-bond donors (Lipinski definition) is 3. The van der Waals surface area contributed by atoms with Gasteiger partial charge in [-0.25, -0.2) is 9.18 Å². The monoisotopic (exact) mass is 335 g/mol. The molecule has 0 atom stereocenters. The van der Waals surface area contributed by atoms with Gasteiger partial charge in [-0.1, -0.05) is 0 Å². The minimum atomic E-state index is -0.518. The van der Waals surface area contributed by atoms with Gasteiger partial charge < -0.3 is 21.1 Å². The van der Waals surface area contributed by atoms with Crippen molar-refractivity contribution in [1.29, 1.82) is 0 Å². The lowest BCUT2D eigenvalue weighted by molar-refractivity contribution is -0.118. The summed E-state index contributed by atoms with van der Waals surface area (Å²) in [6.07, 6.45) is 3.51. The van der Waals surface area contributed by atoms with E-state index in [-0.39, 0.29) is 12.4 Å². The number of primary amides is 1. The largest absolute Gasteiger partial charge is 0.494 e. The highest BCUT2D eigenvalue weighted by Gasteiger charge is 2.05. The molecule has 4 N–H and O–H groups in total. The number of aromatic nitrogens is 2. The molecule has 0 saturated carbocycles. The number of nitrogens with one attached hydrogen (secondary N) is 2. The lowest BCUT2D eigenvalue weighted by atomic mass is 10.3. The van der Waals surface area contributed by atoms with Crippen LogP contribution < -0.4 is 21.1 Å². The van der Waals surface area contributed by atoms with Crippen molar-refractivity contribution in [3.8, 4) is 5.75 Å². The Hall–Kier alpha value is -3.10. The number of carbonyl (C=O) groups is 2. The van der Waals surface area contributed by atoms with Crippen LogP contribution in [0.5, 0.6) is 5.75 Å². The van der Waals surface area contributed by atoms with E-state index < -0.39 is 11.9 Å². The quantitative estimate of drug-likeness (QED) is 0.627. The molecule has 128 valence electrons. The summed E-state index contributed by atoms with van der Waals surface area (Å²) in [7, 11) is 0. The van der Waals surface area contributed by atoms with Crippen LogP contribution in [-0.2, 0) is 11.3 Å². The molecule has 2 rings (SSSR count). The molecule has 0 radical (unpaired) electrons. The van der Waals surface area contributed by atoms with Crippen molar-refractivity contribution < 1.29 is 18.7 Å². The van der Waals surface area contributed by atoms with E-state index in [0.717, 1.165) is 0 Å². The second-order valence-corrected chi connectivity index (χ2v) is 4.93. The lowest BCUT2D eigenvalue weighted by Crippen LogP contribution is -2.30. The van der Waals surface area contributed by atoms with Gasteiger partial charge in [-0.05, 0) is 30.7 Å². The summed E-state index contributed by atoms with van der Waals surface area (Å²) in [4.78, 5) is 22.4. The molecule has 0 aliphatic carbocycles. The van der Waals surface area contributed by atoms with Gasteiger partial charge in [0.1, 0.15) is 18.1 Å². The number of ether oxygens (including phenoxy) is 1. The second kappa shape index (κ2) is 8.51. The Morgan fingerprint density at radius 2 is 2.04 bits per heavy atom. The maximum atomic E-state index is 12.7. The standard InChI is InChI=1S/C15H18FN5O3/c16-11-2-4-13(5-3-11)24-7-1-6-18-15(23)20-12-8-19-21(9-12)10-14(17)22/h2-5,8-9H,1,6-7,10H2,(H2,17,22)(H2,18,20,23). The average molecular weight is 335 g/mol.